The molecule has 0 spiro atoms. The van der Waals surface area contributed by atoms with Gasteiger partial charge in [0.1, 0.15) is 0 Å². The molecule has 0 bridgehead atoms. The molecule has 140 valence electrons. The third-order valence-electron chi connectivity index (χ3n) is 5.11. The van der Waals surface area contributed by atoms with Crippen LogP contribution in [0, 0.1) is 0 Å². The second kappa shape index (κ2) is 9.54. The molecule has 2 N–H and O–H groups in total. The number of carbonyl (C=O) groups excluding carboxylic acids is 1. The van der Waals surface area contributed by atoms with Crippen LogP contribution in [-0.2, 0) is 11.2 Å². The maximum atomic E-state index is 12.4. The standard InChI is InChI=1S/C23H32N2O/c1-5-25(6-2)16-15-21(23(24)26)22-19(12-11-17(3)4)14-13-18-9-7-8-10-20(18)22/h7-11,13-14,21H,5-6,12,15-16H2,1-4H3,(H2,24,26). The minimum Gasteiger partial charge on any atom is -0.369 e. The van der Waals surface area contributed by atoms with E-state index in [0.29, 0.717) is 0 Å². The minimum absolute atomic E-state index is 0.230. The van der Waals surface area contributed by atoms with Crippen molar-refractivity contribution in [1.29, 1.82) is 0 Å². The van der Waals surface area contributed by atoms with E-state index in [4.69, 9.17) is 5.73 Å². The second-order valence-electron chi connectivity index (χ2n) is 7.12. The molecule has 0 saturated heterocycles. The number of hydrogen-bond acceptors (Lipinski definition) is 2. The van der Waals surface area contributed by atoms with Gasteiger partial charge in [0.05, 0.1) is 5.92 Å². The van der Waals surface area contributed by atoms with E-state index in [9.17, 15) is 4.79 Å². The first-order valence-corrected chi connectivity index (χ1v) is 9.63. The highest BCUT2D eigenvalue weighted by Crippen LogP contribution is 2.32. The number of nitrogens with zero attached hydrogens (tertiary/aromatic N) is 1. The number of amides is 1. The van der Waals surface area contributed by atoms with Crippen molar-refractivity contribution in [2.45, 2.75) is 46.5 Å². The van der Waals surface area contributed by atoms with Gasteiger partial charge >= 0.3 is 0 Å². The Hall–Kier alpha value is -2.13. The Balaban J connectivity index is 2.51. The molecule has 0 saturated carbocycles. The molecule has 1 amide bonds. The van der Waals surface area contributed by atoms with Crippen LogP contribution in [0.5, 0.6) is 0 Å². The molecule has 1 atom stereocenters. The van der Waals surface area contributed by atoms with Crippen LogP contribution in [0.1, 0.15) is 51.2 Å². The summed E-state index contributed by atoms with van der Waals surface area (Å²) in [6, 6.07) is 12.6. The Morgan fingerprint density at radius 3 is 2.42 bits per heavy atom. The van der Waals surface area contributed by atoms with Gasteiger partial charge in [0, 0.05) is 0 Å². The number of allylic oxidation sites excluding steroid dienone is 2. The molecule has 26 heavy (non-hydrogen) atoms. The second-order valence-corrected chi connectivity index (χ2v) is 7.12. The monoisotopic (exact) mass is 352 g/mol. The average Bonchev–Trinajstić information content (AvgIpc) is 2.63. The highest BCUT2D eigenvalue weighted by Gasteiger charge is 2.23. The highest BCUT2D eigenvalue weighted by molar-refractivity contribution is 5.93. The maximum absolute atomic E-state index is 12.4. The predicted octanol–water partition coefficient (Wildman–Crippen LogP) is 4.65. The topological polar surface area (TPSA) is 46.3 Å². The van der Waals surface area contributed by atoms with E-state index in [1.54, 1.807) is 0 Å². The first-order valence-electron chi connectivity index (χ1n) is 9.63. The Morgan fingerprint density at radius 2 is 1.81 bits per heavy atom. The molecule has 0 aliphatic heterocycles. The van der Waals surface area contributed by atoms with E-state index in [1.165, 1.54) is 11.1 Å². The van der Waals surface area contributed by atoms with Crippen LogP contribution in [0.4, 0.5) is 0 Å². The molecular formula is C23H32N2O. The smallest absolute Gasteiger partial charge is 0.225 e. The molecule has 3 nitrogen and oxygen atoms in total. The Morgan fingerprint density at radius 1 is 1.12 bits per heavy atom. The summed E-state index contributed by atoms with van der Waals surface area (Å²) in [6.45, 7) is 11.4. The Labute approximate surface area is 157 Å². The third-order valence-corrected chi connectivity index (χ3v) is 5.11. The summed E-state index contributed by atoms with van der Waals surface area (Å²) in [5, 5.41) is 2.31. The number of carbonyl (C=O) groups is 1. The lowest BCUT2D eigenvalue weighted by molar-refractivity contribution is -0.119. The van der Waals surface area contributed by atoms with Crippen molar-refractivity contribution in [2.24, 2.45) is 5.73 Å². The molecule has 1 unspecified atom stereocenters. The van der Waals surface area contributed by atoms with Crippen LogP contribution < -0.4 is 5.73 Å². The zero-order valence-corrected chi connectivity index (χ0v) is 16.6. The van der Waals surface area contributed by atoms with Crippen molar-refractivity contribution in [3.8, 4) is 0 Å². The number of hydrogen-bond donors (Lipinski definition) is 1. The molecule has 0 radical (unpaired) electrons. The molecule has 2 aromatic rings. The summed E-state index contributed by atoms with van der Waals surface area (Å²) < 4.78 is 0. The fraction of sp³-hybridized carbons (Fsp3) is 0.435. The van der Waals surface area contributed by atoms with Gasteiger partial charge in [0.15, 0.2) is 0 Å². The van der Waals surface area contributed by atoms with Crippen LogP contribution in [0.15, 0.2) is 48.0 Å². The normalized spacial score (nSPS) is 12.3. The lowest BCUT2D eigenvalue weighted by Gasteiger charge is -2.24. The highest BCUT2D eigenvalue weighted by atomic mass is 16.1. The summed E-state index contributed by atoms with van der Waals surface area (Å²) in [7, 11) is 0. The average molecular weight is 353 g/mol. The van der Waals surface area contributed by atoms with Gasteiger partial charge in [-0.25, -0.2) is 0 Å². The van der Waals surface area contributed by atoms with Crippen molar-refractivity contribution >= 4 is 16.7 Å². The summed E-state index contributed by atoms with van der Waals surface area (Å²) in [5.41, 5.74) is 9.47. The van der Waals surface area contributed by atoms with Gasteiger partial charge in [-0.15, -0.1) is 0 Å². The van der Waals surface area contributed by atoms with E-state index >= 15 is 0 Å². The summed E-state index contributed by atoms with van der Waals surface area (Å²) in [4.78, 5) is 14.8. The van der Waals surface area contributed by atoms with E-state index in [-0.39, 0.29) is 11.8 Å². The van der Waals surface area contributed by atoms with Gasteiger partial charge in [0.25, 0.3) is 0 Å². The molecule has 0 aliphatic rings. The molecule has 2 rings (SSSR count). The summed E-state index contributed by atoms with van der Waals surface area (Å²) in [5.74, 6) is -0.491. The number of primary amides is 1. The zero-order valence-electron chi connectivity index (χ0n) is 16.6. The lowest BCUT2D eigenvalue weighted by atomic mass is 9.85. The van der Waals surface area contributed by atoms with Crippen LogP contribution in [-0.4, -0.2) is 30.4 Å². The first kappa shape index (κ1) is 20.2. The molecule has 0 aromatic heterocycles. The van der Waals surface area contributed by atoms with Gasteiger partial charge in [-0.05, 0) is 68.2 Å². The number of fused-ring (bicyclic) bond motifs is 1. The SMILES string of the molecule is CCN(CC)CCC(C(N)=O)c1c(CC=C(C)C)ccc2ccccc12. The quantitative estimate of drug-likeness (QED) is 0.668. The molecule has 3 heteroatoms. The van der Waals surface area contributed by atoms with E-state index < -0.39 is 0 Å². The molecule has 0 fully saturated rings. The van der Waals surface area contributed by atoms with Crippen molar-refractivity contribution in [3.63, 3.8) is 0 Å². The van der Waals surface area contributed by atoms with Crippen LogP contribution in [0.25, 0.3) is 10.8 Å². The predicted molar refractivity (Wildman–Crippen MR) is 111 cm³/mol. The molecular weight excluding hydrogens is 320 g/mol. The van der Waals surface area contributed by atoms with Crippen molar-refractivity contribution < 1.29 is 4.79 Å². The van der Waals surface area contributed by atoms with Gasteiger partial charge in [0.2, 0.25) is 5.91 Å². The van der Waals surface area contributed by atoms with Crippen LogP contribution in [0.3, 0.4) is 0 Å². The van der Waals surface area contributed by atoms with Crippen LogP contribution in [0.2, 0.25) is 0 Å². The Bertz CT molecular complexity index is 771. The molecule has 0 heterocycles. The van der Waals surface area contributed by atoms with Crippen molar-refractivity contribution in [3.05, 3.63) is 59.2 Å². The van der Waals surface area contributed by atoms with Gasteiger partial charge in [-0.3, -0.25) is 4.79 Å². The van der Waals surface area contributed by atoms with Gasteiger partial charge in [-0.1, -0.05) is 61.9 Å². The number of nitrogens with two attached hydrogens (primary N) is 1. The number of benzene rings is 2. The first-order chi connectivity index (χ1) is 12.5. The fourth-order valence-electron chi connectivity index (χ4n) is 3.52. The number of rotatable bonds is 9. The summed E-state index contributed by atoms with van der Waals surface area (Å²) >= 11 is 0. The van der Waals surface area contributed by atoms with Gasteiger partial charge in [-0.2, -0.15) is 0 Å². The third kappa shape index (κ3) is 4.95. The van der Waals surface area contributed by atoms with Crippen LogP contribution >= 0.6 is 0 Å². The largest absolute Gasteiger partial charge is 0.369 e. The van der Waals surface area contributed by atoms with E-state index in [2.05, 4.69) is 62.9 Å². The van der Waals surface area contributed by atoms with E-state index in [1.807, 2.05) is 12.1 Å². The lowest BCUT2D eigenvalue weighted by Crippen LogP contribution is -2.30. The minimum atomic E-state index is -0.262. The zero-order chi connectivity index (χ0) is 19.1. The maximum Gasteiger partial charge on any atom is 0.225 e. The van der Waals surface area contributed by atoms with Crippen molar-refractivity contribution in [1.82, 2.24) is 4.90 Å². The van der Waals surface area contributed by atoms with Gasteiger partial charge < -0.3 is 10.6 Å². The Kier molecular flexibility index (Phi) is 7.40. The molecule has 2 aromatic carbocycles. The van der Waals surface area contributed by atoms with E-state index in [0.717, 1.165) is 48.8 Å². The molecule has 0 aliphatic carbocycles. The van der Waals surface area contributed by atoms with Crippen molar-refractivity contribution in [2.75, 3.05) is 19.6 Å². The fourth-order valence-corrected chi connectivity index (χ4v) is 3.52. The summed E-state index contributed by atoms with van der Waals surface area (Å²) in [6.07, 6.45) is 3.81.